The molecule has 0 amide bonds. The maximum Gasteiger partial charge on any atom is 0.304 e. The molecule has 0 aliphatic carbocycles. The molecule has 0 heterocycles. The van der Waals surface area contributed by atoms with Crippen molar-refractivity contribution in [2.45, 2.75) is 26.5 Å². The van der Waals surface area contributed by atoms with Gasteiger partial charge in [0.15, 0.2) is 6.23 Å². The Morgan fingerprint density at radius 3 is 2.75 bits per heavy atom. The Morgan fingerprint density at radius 2 is 2.20 bits per heavy atom. The Bertz CT molecular complexity index is 507. The quantitative estimate of drug-likeness (QED) is 0.346. The van der Waals surface area contributed by atoms with Crippen molar-refractivity contribution in [1.82, 2.24) is 4.90 Å². The van der Waals surface area contributed by atoms with Crippen LogP contribution in [0.5, 0.6) is 0 Å². The Labute approximate surface area is 116 Å². The molecule has 0 N–H and O–H groups in total. The summed E-state index contributed by atoms with van der Waals surface area (Å²) < 4.78 is 18.0. The van der Waals surface area contributed by atoms with E-state index in [0.717, 1.165) is 6.07 Å². The topological polar surface area (TPSA) is 72.7 Å². The zero-order valence-electron chi connectivity index (χ0n) is 11.6. The molecule has 0 aliphatic heterocycles. The summed E-state index contributed by atoms with van der Waals surface area (Å²) in [6, 6.07) is 3.50. The van der Waals surface area contributed by atoms with E-state index < -0.39 is 22.9 Å². The second kappa shape index (κ2) is 6.95. The zero-order valence-corrected chi connectivity index (χ0v) is 11.6. The highest BCUT2D eigenvalue weighted by Crippen LogP contribution is 2.20. The van der Waals surface area contributed by atoms with E-state index in [1.165, 1.54) is 19.1 Å². The molecule has 0 fully saturated rings. The van der Waals surface area contributed by atoms with Gasteiger partial charge in [-0.1, -0.05) is 0 Å². The number of hydrogen-bond donors (Lipinski definition) is 0. The van der Waals surface area contributed by atoms with Gasteiger partial charge < -0.3 is 4.74 Å². The first kappa shape index (κ1) is 16.0. The van der Waals surface area contributed by atoms with Gasteiger partial charge in [0.2, 0.25) is 0 Å². The van der Waals surface area contributed by atoms with Gasteiger partial charge in [0.05, 0.1) is 11.0 Å². The van der Waals surface area contributed by atoms with E-state index in [4.69, 9.17) is 4.74 Å². The van der Waals surface area contributed by atoms with E-state index >= 15 is 0 Å². The molecular weight excluding hydrogens is 267 g/mol. The fraction of sp³-hybridized carbons (Fsp3) is 0.462. The summed E-state index contributed by atoms with van der Waals surface area (Å²) >= 11 is 0. The number of nitrogens with zero attached hydrogens (tertiary/aromatic N) is 2. The highest BCUT2D eigenvalue weighted by molar-refractivity contribution is 5.66. The van der Waals surface area contributed by atoms with E-state index in [1.54, 1.807) is 18.9 Å². The van der Waals surface area contributed by atoms with Gasteiger partial charge in [0, 0.05) is 19.0 Å². The van der Waals surface area contributed by atoms with Gasteiger partial charge >= 0.3 is 5.97 Å². The molecule has 0 bridgehead atoms. The molecule has 0 saturated carbocycles. The van der Waals surface area contributed by atoms with Gasteiger partial charge in [0.25, 0.3) is 5.69 Å². The van der Waals surface area contributed by atoms with Gasteiger partial charge in [-0.05, 0) is 32.5 Å². The number of nitro benzene ring substituents is 1. The van der Waals surface area contributed by atoms with Crippen LogP contribution in [0.15, 0.2) is 18.2 Å². The number of likely N-dealkylation sites (N-methyl/N-ethyl adjacent to an activating group) is 1. The van der Waals surface area contributed by atoms with Crippen molar-refractivity contribution < 1.29 is 18.8 Å². The molecule has 0 aliphatic rings. The third-order valence-electron chi connectivity index (χ3n) is 2.94. The molecule has 1 aromatic carbocycles. The summed E-state index contributed by atoms with van der Waals surface area (Å²) in [5.41, 5.74) is 0.205. The average molecular weight is 284 g/mol. The normalized spacial score (nSPS) is 12.2. The van der Waals surface area contributed by atoms with Crippen LogP contribution >= 0.6 is 0 Å². The second-order valence-electron chi connectivity index (χ2n) is 4.47. The van der Waals surface area contributed by atoms with Gasteiger partial charge in [0.1, 0.15) is 5.82 Å². The molecular formula is C13H17FN2O4. The number of benzene rings is 1. The monoisotopic (exact) mass is 284 g/mol. The third kappa shape index (κ3) is 4.58. The maximum atomic E-state index is 13.0. The Morgan fingerprint density at radius 1 is 1.55 bits per heavy atom. The van der Waals surface area contributed by atoms with Crippen LogP contribution in [-0.4, -0.2) is 35.6 Å². The first-order chi connectivity index (χ1) is 9.31. The van der Waals surface area contributed by atoms with Gasteiger partial charge in [-0.25, -0.2) is 4.39 Å². The minimum Gasteiger partial charge on any atom is -0.447 e. The van der Waals surface area contributed by atoms with Crippen LogP contribution in [0.1, 0.15) is 19.4 Å². The van der Waals surface area contributed by atoms with E-state index in [9.17, 15) is 19.3 Å². The molecule has 1 unspecified atom stereocenters. The third-order valence-corrected chi connectivity index (χ3v) is 2.94. The molecule has 6 nitrogen and oxygen atoms in total. The van der Waals surface area contributed by atoms with Crippen molar-refractivity contribution in [3.05, 3.63) is 39.7 Å². The van der Waals surface area contributed by atoms with E-state index in [2.05, 4.69) is 0 Å². The fourth-order valence-corrected chi connectivity index (χ4v) is 1.73. The largest absolute Gasteiger partial charge is 0.447 e. The number of carbonyl (C=O) groups excluding carboxylic acids is 1. The SMILES string of the molecule is CC(=O)OC(C)N(C)CCc1ccc(F)cc1[N+](=O)[O-]. The highest BCUT2D eigenvalue weighted by Gasteiger charge is 2.17. The number of carbonyl (C=O) groups is 1. The van der Waals surface area contributed by atoms with Crippen LogP contribution in [0.4, 0.5) is 10.1 Å². The Balaban J connectivity index is 2.70. The summed E-state index contributed by atoms with van der Waals surface area (Å²) in [7, 11) is 1.74. The van der Waals surface area contributed by atoms with Crippen molar-refractivity contribution in [2.75, 3.05) is 13.6 Å². The van der Waals surface area contributed by atoms with E-state index in [-0.39, 0.29) is 5.69 Å². The highest BCUT2D eigenvalue weighted by atomic mass is 19.1. The Hall–Kier alpha value is -2.02. The van der Waals surface area contributed by atoms with Crippen molar-refractivity contribution in [3.8, 4) is 0 Å². The first-order valence-corrected chi connectivity index (χ1v) is 6.11. The molecule has 0 spiro atoms. The van der Waals surface area contributed by atoms with Crippen molar-refractivity contribution in [2.24, 2.45) is 0 Å². The van der Waals surface area contributed by atoms with Crippen molar-refractivity contribution >= 4 is 11.7 Å². The van der Waals surface area contributed by atoms with Crippen LogP contribution in [0.2, 0.25) is 0 Å². The summed E-state index contributed by atoms with van der Waals surface area (Å²) in [4.78, 5) is 22.8. The molecule has 0 aromatic heterocycles. The summed E-state index contributed by atoms with van der Waals surface area (Å²) in [5, 5.41) is 10.9. The molecule has 7 heteroatoms. The lowest BCUT2D eigenvalue weighted by molar-refractivity contribution is -0.385. The van der Waals surface area contributed by atoms with Crippen LogP contribution in [-0.2, 0) is 16.0 Å². The smallest absolute Gasteiger partial charge is 0.304 e. The van der Waals surface area contributed by atoms with E-state index in [1.807, 2.05) is 0 Å². The summed E-state index contributed by atoms with van der Waals surface area (Å²) in [6.07, 6.45) is -0.0643. The Kier molecular flexibility index (Phi) is 5.57. The minimum absolute atomic E-state index is 0.237. The molecule has 0 saturated heterocycles. The fourth-order valence-electron chi connectivity index (χ4n) is 1.73. The first-order valence-electron chi connectivity index (χ1n) is 6.11. The summed E-state index contributed by atoms with van der Waals surface area (Å²) in [6.45, 7) is 3.47. The van der Waals surface area contributed by atoms with Gasteiger partial charge in [-0.3, -0.25) is 19.8 Å². The lowest BCUT2D eigenvalue weighted by atomic mass is 10.1. The number of esters is 1. The van der Waals surface area contributed by atoms with Crippen molar-refractivity contribution in [1.29, 1.82) is 0 Å². The number of ether oxygens (including phenoxy) is 1. The lowest BCUT2D eigenvalue weighted by Crippen LogP contribution is -2.34. The van der Waals surface area contributed by atoms with Gasteiger partial charge in [-0.15, -0.1) is 0 Å². The molecule has 1 atom stereocenters. The number of halogens is 1. The molecule has 0 radical (unpaired) electrons. The number of rotatable bonds is 6. The van der Waals surface area contributed by atoms with Crippen LogP contribution in [0, 0.1) is 15.9 Å². The maximum absolute atomic E-state index is 13.0. The van der Waals surface area contributed by atoms with E-state index in [0.29, 0.717) is 18.5 Å². The van der Waals surface area contributed by atoms with Crippen LogP contribution in [0.25, 0.3) is 0 Å². The lowest BCUT2D eigenvalue weighted by Gasteiger charge is -2.23. The predicted octanol–water partition coefficient (Wildman–Crippen LogP) is 2.12. The number of nitro groups is 1. The number of hydrogen-bond acceptors (Lipinski definition) is 5. The minimum atomic E-state index is -0.637. The molecule has 1 aromatic rings. The van der Waals surface area contributed by atoms with Crippen molar-refractivity contribution in [3.63, 3.8) is 0 Å². The molecule has 110 valence electrons. The average Bonchev–Trinajstić information content (AvgIpc) is 2.35. The second-order valence-corrected chi connectivity index (χ2v) is 4.47. The summed E-state index contributed by atoms with van der Waals surface area (Å²) in [5.74, 6) is -1.03. The van der Waals surface area contributed by atoms with Crippen LogP contribution in [0.3, 0.4) is 0 Å². The zero-order chi connectivity index (χ0) is 15.3. The predicted molar refractivity (Wildman–Crippen MR) is 70.6 cm³/mol. The molecule has 1 rings (SSSR count). The van der Waals surface area contributed by atoms with Crippen LogP contribution < -0.4 is 0 Å². The van der Waals surface area contributed by atoms with Gasteiger partial charge in [-0.2, -0.15) is 0 Å². The molecule has 20 heavy (non-hydrogen) atoms. The standard InChI is InChI=1S/C13H17FN2O4/c1-9(20-10(2)17)15(3)7-6-11-4-5-12(14)8-13(11)16(18)19/h4-5,8-9H,6-7H2,1-3H3.